The molecule has 33 heavy (non-hydrogen) atoms. The second-order valence-electron chi connectivity index (χ2n) is 7.48. The normalized spacial score (nSPS) is 14.5. The van der Waals surface area contributed by atoms with E-state index in [2.05, 4.69) is 25.7 Å². The summed E-state index contributed by atoms with van der Waals surface area (Å²) < 4.78 is 34.8. The zero-order chi connectivity index (χ0) is 23.1. The van der Waals surface area contributed by atoms with Crippen LogP contribution in [0.1, 0.15) is 15.9 Å². The predicted octanol–water partition coefficient (Wildman–Crippen LogP) is 2.55. The second kappa shape index (κ2) is 8.13. The molecule has 9 nitrogen and oxygen atoms in total. The van der Waals surface area contributed by atoms with Gasteiger partial charge >= 0.3 is 0 Å². The minimum atomic E-state index is -1.53. The molecule has 0 fully saturated rings. The minimum Gasteiger partial charge on any atom is -0.527 e. The number of nitrogens with one attached hydrogen (secondary N) is 2. The fourth-order valence-corrected chi connectivity index (χ4v) is 4.57. The maximum Gasteiger partial charge on any atom is 0.299 e. The summed E-state index contributed by atoms with van der Waals surface area (Å²) >= 11 is 0. The third kappa shape index (κ3) is 3.84. The molecular weight excluding hydrogens is 448 g/mol. The minimum absolute atomic E-state index is 0.122. The number of carbonyl (C=O) groups excluding carboxylic acids is 1. The highest BCUT2D eigenvalue weighted by Crippen LogP contribution is 2.34. The van der Waals surface area contributed by atoms with E-state index in [1.54, 1.807) is 12.1 Å². The summed E-state index contributed by atoms with van der Waals surface area (Å²) in [7, 11) is -1.53. The monoisotopic (exact) mass is 466 g/mol. The van der Waals surface area contributed by atoms with Crippen LogP contribution in [-0.4, -0.2) is 40.7 Å². The van der Waals surface area contributed by atoms with Crippen LogP contribution in [0.2, 0.25) is 6.55 Å². The molecule has 4 heterocycles. The molecule has 0 aliphatic carbocycles. The van der Waals surface area contributed by atoms with E-state index in [0.29, 0.717) is 22.5 Å². The van der Waals surface area contributed by atoms with E-state index in [4.69, 9.17) is 10.2 Å². The Morgan fingerprint density at radius 2 is 1.94 bits per heavy atom. The first kappa shape index (κ1) is 20.8. The van der Waals surface area contributed by atoms with E-state index in [1.165, 1.54) is 28.9 Å². The van der Waals surface area contributed by atoms with Gasteiger partial charge in [-0.2, -0.15) is 9.61 Å². The van der Waals surface area contributed by atoms with E-state index < -0.39 is 20.7 Å². The molecule has 0 saturated carbocycles. The summed E-state index contributed by atoms with van der Waals surface area (Å²) in [4.78, 5) is 21.5. The number of amides is 1. The first-order chi connectivity index (χ1) is 15.9. The number of nitrogen functional groups attached to an aromatic ring is 1. The van der Waals surface area contributed by atoms with Gasteiger partial charge in [-0.05, 0) is 30.3 Å². The van der Waals surface area contributed by atoms with Gasteiger partial charge in [0.25, 0.3) is 14.9 Å². The van der Waals surface area contributed by atoms with Gasteiger partial charge in [-0.25, -0.2) is 18.7 Å². The lowest BCUT2D eigenvalue weighted by Crippen LogP contribution is -2.37. The van der Waals surface area contributed by atoms with Crippen molar-refractivity contribution >= 4 is 32.2 Å². The molecule has 1 amide bonds. The molecule has 4 aromatic rings. The lowest BCUT2D eigenvalue weighted by molar-refractivity contribution is 0.0960. The van der Waals surface area contributed by atoms with Gasteiger partial charge in [0.1, 0.15) is 28.8 Å². The van der Waals surface area contributed by atoms with Crippen molar-refractivity contribution in [3.05, 3.63) is 65.5 Å². The van der Waals surface area contributed by atoms with Crippen LogP contribution in [0.5, 0.6) is 5.88 Å². The molecule has 0 unspecified atom stereocenters. The number of halogens is 2. The van der Waals surface area contributed by atoms with Gasteiger partial charge in [0.05, 0.1) is 18.0 Å². The summed E-state index contributed by atoms with van der Waals surface area (Å²) in [6.07, 6.45) is 2.75. The van der Waals surface area contributed by atoms with Crippen molar-refractivity contribution in [2.45, 2.75) is 13.1 Å². The Balaban J connectivity index is 1.71. The largest absolute Gasteiger partial charge is 0.527 e. The predicted molar refractivity (Wildman–Crippen MR) is 119 cm³/mol. The van der Waals surface area contributed by atoms with Gasteiger partial charge in [0.2, 0.25) is 5.88 Å². The van der Waals surface area contributed by atoms with Crippen molar-refractivity contribution < 1.29 is 18.0 Å². The number of nitrogens with zero attached hydrogens (tertiary/aromatic N) is 4. The topological polar surface area (TPSA) is 119 Å². The quantitative estimate of drug-likeness (QED) is 0.369. The standard InChI is InChI=1S/C21H18F2N7O2Si/c1-33-10-27-20(31)15-9-28-30-17(24)16(11-2-4-13(22)5-3-11)18(29-19(15)30)25-7-12-6-14(23)8-26-21(12)32-33/h2-6,8-9H,7,10,24H2,1H3,(H,25,29)(H,27,31). The highest BCUT2D eigenvalue weighted by atomic mass is 28.3. The highest BCUT2D eigenvalue weighted by molar-refractivity contribution is 6.51. The molecule has 1 aliphatic rings. The molecular formula is C21H18F2N7O2Si. The van der Waals surface area contributed by atoms with Crippen molar-refractivity contribution in [3.8, 4) is 17.0 Å². The number of hydrogen-bond donors (Lipinski definition) is 3. The summed E-state index contributed by atoms with van der Waals surface area (Å²) in [6.45, 7) is 1.99. The van der Waals surface area contributed by atoms with E-state index in [-0.39, 0.29) is 41.5 Å². The molecule has 12 heteroatoms. The van der Waals surface area contributed by atoms with E-state index in [1.807, 2.05) is 6.55 Å². The van der Waals surface area contributed by atoms with Crippen LogP contribution < -0.4 is 20.8 Å². The van der Waals surface area contributed by atoms with Crippen molar-refractivity contribution in [2.24, 2.45) is 0 Å². The number of pyridine rings is 1. The molecule has 1 aromatic carbocycles. The summed E-state index contributed by atoms with van der Waals surface area (Å²) in [5.74, 6) is -0.496. The van der Waals surface area contributed by atoms with Crippen molar-refractivity contribution in [3.63, 3.8) is 0 Å². The highest BCUT2D eigenvalue weighted by Gasteiger charge is 2.24. The molecule has 5 rings (SSSR count). The summed E-state index contributed by atoms with van der Waals surface area (Å²) in [5, 5.41) is 10.2. The Hall–Kier alpha value is -4.06. The number of anilines is 2. The van der Waals surface area contributed by atoms with Crippen molar-refractivity contribution in [1.29, 1.82) is 0 Å². The number of rotatable bonds is 1. The first-order valence-electron chi connectivity index (χ1n) is 10.0. The Kier molecular flexibility index (Phi) is 5.13. The number of benzene rings is 1. The third-order valence-corrected chi connectivity index (χ3v) is 6.38. The van der Waals surface area contributed by atoms with Gasteiger partial charge in [-0.15, -0.1) is 0 Å². The number of carbonyl (C=O) groups is 1. The molecule has 0 atom stereocenters. The average Bonchev–Trinajstić information content (AvgIpc) is 3.22. The Bertz CT molecular complexity index is 1380. The SMILES string of the molecule is C[Si]1CNC(=O)c2cnn3c(N)c(-c4ccc(F)cc4)c(nc23)NCc2cc(F)cnc2O1. The van der Waals surface area contributed by atoms with Gasteiger partial charge < -0.3 is 20.8 Å². The van der Waals surface area contributed by atoms with Gasteiger partial charge in [-0.3, -0.25) is 4.79 Å². The van der Waals surface area contributed by atoms with Crippen LogP contribution in [0, 0.1) is 11.6 Å². The smallest absolute Gasteiger partial charge is 0.299 e. The Morgan fingerprint density at radius 1 is 1.15 bits per heavy atom. The summed E-state index contributed by atoms with van der Waals surface area (Å²) in [6, 6.07) is 7.07. The van der Waals surface area contributed by atoms with Gasteiger partial charge in [0.15, 0.2) is 5.65 Å². The fourth-order valence-electron chi connectivity index (χ4n) is 3.57. The number of hydrogen-bond acceptors (Lipinski definition) is 7. The third-order valence-electron chi connectivity index (χ3n) is 5.17. The van der Waals surface area contributed by atoms with Crippen LogP contribution in [0.25, 0.3) is 16.8 Å². The van der Waals surface area contributed by atoms with E-state index >= 15 is 0 Å². The van der Waals surface area contributed by atoms with Gasteiger partial charge in [-0.1, -0.05) is 12.1 Å². The van der Waals surface area contributed by atoms with Crippen LogP contribution in [0.3, 0.4) is 0 Å². The molecule has 4 N–H and O–H groups in total. The Labute approximate surface area is 188 Å². The van der Waals surface area contributed by atoms with Crippen LogP contribution in [0.4, 0.5) is 20.4 Å². The number of aromatic nitrogens is 4. The molecule has 0 spiro atoms. The second-order valence-corrected chi connectivity index (χ2v) is 9.44. The lowest BCUT2D eigenvalue weighted by Gasteiger charge is -2.17. The molecule has 2 bridgehead atoms. The van der Waals surface area contributed by atoms with Gasteiger partial charge in [0, 0.05) is 18.3 Å². The van der Waals surface area contributed by atoms with Crippen LogP contribution >= 0.6 is 0 Å². The van der Waals surface area contributed by atoms with Crippen LogP contribution in [-0.2, 0) is 6.54 Å². The van der Waals surface area contributed by atoms with E-state index in [0.717, 1.165) is 6.20 Å². The van der Waals surface area contributed by atoms with E-state index in [9.17, 15) is 13.6 Å². The molecule has 0 saturated heterocycles. The molecule has 3 aromatic heterocycles. The van der Waals surface area contributed by atoms with Crippen molar-refractivity contribution in [1.82, 2.24) is 24.9 Å². The molecule has 1 aliphatic heterocycles. The zero-order valence-corrected chi connectivity index (χ0v) is 18.4. The molecule has 167 valence electrons. The van der Waals surface area contributed by atoms with Crippen molar-refractivity contribution in [2.75, 3.05) is 17.2 Å². The molecule has 1 radical (unpaired) electrons. The van der Waals surface area contributed by atoms with Crippen LogP contribution in [0.15, 0.2) is 42.7 Å². The lowest BCUT2D eigenvalue weighted by atomic mass is 10.1. The summed E-state index contributed by atoms with van der Waals surface area (Å²) in [5.41, 5.74) is 8.45. The Morgan fingerprint density at radius 3 is 2.73 bits per heavy atom. The number of fused-ring (bicyclic) bond motifs is 2. The zero-order valence-electron chi connectivity index (χ0n) is 17.4. The maximum absolute atomic E-state index is 14.0. The average molecular weight is 467 g/mol. The number of nitrogens with two attached hydrogens (primary N) is 1. The maximum atomic E-state index is 14.0. The fraction of sp³-hybridized carbons (Fsp3) is 0.143. The first-order valence-corrected chi connectivity index (χ1v) is 12.1.